The molecule has 3 aliphatic rings. The minimum atomic E-state index is 0.504. The van der Waals surface area contributed by atoms with E-state index in [-0.39, 0.29) is 0 Å². The largest absolute Gasteiger partial charge is 0.486 e. The van der Waals surface area contributed by atoms with Crippen LogP contribution in [0.3, 0.4) is 0 Å². The van der Waals surface area contributed by atoms with Crippen LogP contribution in [-0.2, 0) is 0 Å². The number of benzene rings is 1. The van der Waals surface area contributed by atoms with E-state index in [4.69, 9.17) is 9.47 Å². The standard InChI is InChI=1S/C23H30N4O2/c1-17-14-24-23(25-15-17)26-9-6-18(7-10-26)16-27-8-2-3-20(27)19-4-5-21-22(13-19)29-12-11-28-21/h4-5,13-15,18,20H,2-3,6-12,16H2,1H3. The molecule has 1 aromatic heterocycles. The molecule has 2 fully saturated rings. The fourth-order valence-electron chi connectivity index (χ4n) is 4.89. The highest BCUT2D eigenvalue weighted by Gasteiger charge is 2.30. The third-order valence-electron chi connectivity index (χ3n) is 6.47. The second-order valence-corrected chi connectivity index (χ2v) is 8.55. The Kier molecular flexibility index (Phi) is 5.27. The fraction of sp³-hybridized carbons (Fsp3) is 0.565. The number of ether oxygens (including phenoxy) is 2. The van der Waals surface area contributed by atoms with Crippen LogP contribution in [-0.4, -0.2) is 54.3 Å². The van der Waals surface area contributed by atoms with E-state index in [1.807, 2.05) is 19.3 Å². The first-order chi connectivity index (χ1) is 14.3. The van der Waals surface area contributed by atoms with Gasteiger partial charge in [0, 0.05) is 38.1 Å². The normalized spacial score (nSPS) is 22.8. The predicted molar refractivity (Wildman–Crippen MR) is 113 cm³/mol. The Morgan fingerprint density at radius 3 is 2.52 bits per heavy atom. The molecule has 0 saturated carbocycles. The van der Waals surface area contributed by atoms with Gasteiger partial charge in [-0.15, -0.1) is 0 Å². The molecule has 3 aliphatic heterocycles. The molecule has 5 rings (SSSR count). The second kappa shape index (κ2) is 8.19. The summed E-state index contributed by atoms with van der Waals surface area (Å²) in [5.41, 5.74) is 2.49. The Hall–Kier alpha value is -2.34. The molecule has 2 saturated heterocycles. The van der Waals surface area contributed by atoms with Gasteiger partial charge in [0.1, 0.15) is 13.2 Å². The van der Waals surface area contributed by atoms with Crippen LogP contribution in [0.25, 0.3) is 0 Å². The molecule has 29 heavy (non-hydrogen) atoms. The van der Waals surface area contributed by atoms with Crippen molar-refractivity contribution in [2.45, 2.75) is 38.6 Å². The van der Waals surface area contributed by atoms with Crippen LogP contribution in [0.5, 0.6) is 11.5 Å². The van der Waals surface area contributed by atoms with Crippen LogP contribution in [0, 0.1) is 12.8 Å². The Bertz CT molecular complexity index is 833. The van der Waals surface area contributed by atoms with Gasteiger partial charge >= 0.3 is 0 Å². The number of likely N-dealkylation sites (tertiary alicyclic amines) is 1. The number of rotatable bonds is 4. The highest BCUT2D eigenvalue weighted by Crippen LogP contribution is 2.39. The molecule has 0 aliphatic carbocycles. The summed E-state index contributed by atoms with van der Waals surface area (Å²) in [4.78, 5) is 14.0. The Balaban J connectivity index is 1.20. The maximum absolute atomic E-state index is 5.81. The van der Waals surface area contributed by atoms with Gasteiger partial charge in [-0.25, -0.2) is 9.97 Å². The molecular weight excluding hydrogens is 364 g/mol. The average molecular weight is 395 g/mol. The van der Waals surface area contributed by atoms with E-state index in [9.17, 15) is 0 Å². The smallest absolute Gasteiger partial charge is 0.225 e. The number of aromatic nitrogens is 2. The molecule has 0 amide bonds. The average Bonchev–Trinajstić information content (AvgIpc) is 3.23. The molecule has 154 valence electrons. The summed E-state index contributed by atoms with van der Waals surface area (Å²) in [6, 6.07) is 7.02. The Labute approximate surface area is 172 Å². The Morgan fingerprint density at radius 2 is 1.72 bits per heavy atom. The third-order valence-corrected chi connectivity index (χ3v) is 6.47. The molecule has 4 heterocycles. The van der Waals surface area contributed by atoms with Gasteiger partial charge in [-0.05, 0) is 68.3 Å². The first kappa shape index (κ1) is 18.7. The van der Waals surface area contributed by atoms with Gasteiger partial charge in [-0.2, -0.15) is 0 Å². The van der Waals surface area contributed by atoms with Gasteiger partial charge in [0.15, 0.2) is 11.5 Å². The lowest BCUT2D eigenvalue weighted by Gasteiger charge is -2.35. The minimum Gasteiger partial charge on any atom is -0.486 e. The molecule has 1 atom stereocenters. The van der Waals surface area contributed by atoms with E-state index in [1.54, 1.807) is 0 Å². The topological polar surface area (TPSA) is 50.7 Å². The number of aryl methyl sites for hydroxylation is 1. The summed E-state index contributed by atoms with van der Waals surface area (Å²) in [6.07, 6.45) is 8.75. The molecule has 0 spiro atoms. The fourth-order valence-corrected chi connectivity index (χ4v) is 4.89. The molecule has 1 aromatic carbocycles. The number of anilines is 1. The molecule has 0 N–H and O–H groups in total. The highest BCUT2D eigenvalue weighted by atomic mass is 16.6. The van der Waals surface area contributed by atoms with Crippen LogP contribution >= 0.6 is 0 Å². The molecule has 6 heteroatoms. The van der Waals surface area contributed by atoms with Gasteiger partial charge in [-0.3, -0.25) is 4.90 Å². The number of piperidine rings is 1. The summed E-state index contributed by atoms with van der Waals surface area (Å²) in [5, 5.41) is 0. The summed E-state index contributed by atoms with van der Waals surface area (Å²) < 4.78 is 11.5. The second-order valence-electron chi connectivity index (χ2n) is 8.55. The first-order valence-electron chi connectivity index (χ1n) is 10.9. The van der Waals surface area contributed by atoms with Crippen molar-refractivity contribution in [1.29, 1.82) is 0 Å². The van der Waals surface area contributed by atoms with E-state index in [0.29, 0.717) is 19.3 Å². The molecule has 2 aromatic rings. The third kappa shape index (κ3) is 4.04. The van der Waals surface area contributed by atoms with Crippen molar-refractivity contribution in [2.75, 3.05) is 44.3 Å². The van der Waals surface area contributed by atoms with Crippen molar-refractivity contribution in [2.24, 2.45) is 5.92 Å². The lowest BCUT2D eigenvalue weighted by Crippen LogP contribution is -2.39. The quantitative estimate of drug-likeness (QED) is 0.790. The lowest BCUT2D eigenvalue weighted by molar-refractivity contribution is 0.169. The number of hydrogen-bond acceptors (Lipinski definition) is 6. The molecule has 0 bridgehead atoms. The lowest BCUT2D eigenvalue weighted by atomic mass is 9.95. The number of fused-ring (bicyclic) bond motifs is 1. The minimum absolute atomic E-state index is 0.504. The Morgan fingerprint density at radius 1 is 0.966 bits per heavy atom. The number of nitrogens with zero attached hydrogens (tertiary/aromatic N) is 4. The zero-order valence-corrected chi connectivity index (χ0v) is 17.2. The molecular formula is C23H30N4O2. The van der Waals surface area contributed by atoms with Crippen molar-refractivity contribution < 1.29 is 9.47 Å². The first-order valence-corrected chi connectivity index (χ1v) is 10.9. The predicted octanol–water partition coefficient (Wildman–Crippen LogP) is 3.61. The van der Waals surface area contributed by atoms with Crippen molar-refractivity contribution in [3.63, 3.8) is 0 Å². The van der Waals surface area contributed by atoms with Crippen LogP contribution < -0.4 is 14.4 Å². The maximum atomic E-state index is 5.81. The van der Waals surface area contributed by atoms with E-state index in [1.165, 1.54) is 44.3 Å². The van der Waals surface area contributed by atoms with Crippen LogP contribution in [0.1, 0.15) is 42.9 Å². The van der Waals surface area contributed by atoms with Crippen molar-refractivity contribution in [3.8, 4) is 11.5 Å². The maximum Gasteiger partial charge on any atom is 0.225 e. The molecule has 6 nitrogen and oxygen atoms in total. The van der Waals surface area contributed by atoms with Gasteiger partial charge in [0.2, 0.25) is 5.95 Å². The van der Waals surface area contributed by atoms with Gasteiger partial charge in [-0.1, -0.05) is 6.07 Å². The summed E-state index contributed by atoms with van der Waals surface area (Å²) in [7, 11) is 0. The van der Waals surface area contributed by atoms with Crippen LogP contribution in [0.4, 0.5) is 5.95 Å². The van der Waals surface area contributed by atoms with Crippen molar-refractivity contribution in [3.05, 3.63) is 41.7 Å². The highest BCUT2D eigenvalue weighted by molar-refractivity contribution is 5.44. The number of hydrogen-bond donors (Lipinski definition) is 0. The van der Waals surface area contributed by atoms with Crippen LogP contribution in [0.15, 0.2) is 30.6 Å². The van der Waals surface area contributed by atoms with Crippen molar-refractivity contribution in [1.82, 2.24) is 14.9 Å². The van der Waals surface area contributed by atoms with Crippen LogP contribution in [0.2, 0.25) is 0 Å². The van der Waals surface area contributed by atoms with E-state index in [0.717, 1.165) is 42.0 Å². The molecule has 1 unspecified atom stereocenters. The van der Waals surface area contributed by atoms with Crippen molar-refractivity contribution >= 4 is 5.95 Å². The summed E-state index contributed by atoms with van der Waals surface area (Å²) in [6.45, 7) is 7.81. The summed E-state index contributed by atoms with van der Waals surface area (Å²) >= 11 is 0. The van der Waals surface area contributed by atoms with Gasteiger partial charge < -0.3 is 14.4 Å². The SMILES string of the molecule is Cc1cnc(N2CCC(CN3CCCC3c3ccc4c(c3)OCCO4)CC2)nc1. The zero-order valence-electron chi connectivity index (χ0n) is 17.2. The van der Waals surface area contributed by atoms with Gasteiger partial charge in [0.25, 0.3) is 0 Å². The summed E-state index contributed by atoms with van der Waals surface area (Å²) in [5.74, 6) is 3.42. The van der Waals surface area contributed by atoms with E-state index in [2.05, 4.69) is 38.0 Å². The van der Waals surface area contributed by atoms with Gasteiger partial charge in [0.05, 0.1) is 0 Å². The van der Waals surface area contributed by atoms with E-state index >= 15 is 0 Å². The monoisotopic (exact) mass is 394 g/mol. The zero-order chi connectivity index (χ0) is 19.6. The molecule has 0 radical (unpaired) electrons. The van der Waals surface area contributed by atoms with E-state index < -0.39 is 0 Å².